The Bertz CT molecular complexity index is 1070. The molecule has 0 aliphatic heterocycles. The van der Waals surface area contributed by atoms with Gasteiger partial charge in [-0.1, -0.05) is 12.1 Å². The highest BCUT2D eigenvalue weighted by atomic mass is 32.1. The lowest BCUT2D eigenvalue weighted by Gasteiger charge is -2.19. The number of carbonyl (C=O) groups is 4. The molecule has 0 radical (unpaired) electrons. The SMILES string of the molecule is CC(=O)Nc1nc(CCc2ccc(NC(NC(=O)O)NC(=O)O)cc2)c(CN(C)CCC(=O)N(C)C)s1. The summed E-state index contributed by atoms with van der Waals surface area (Å²) in [5, 5.41) is 27.8. The molecule has 1 aromatic heterocycles. The highest BCUT2D eigenvalue weighted by molar-refractivity contribution is 7.15. The Balaban J connectivity index is 2.04. The van der Waals surface area contributed by atoms with Crippen LogP contribution in [-0.2, 0) is 29.0 Å². The molecule has 202 valence electrons. The zero-order valence-electron chi connectivity index (χ0n) is 21.2. The maximum Gasteiger partial charge on any atom is 0.407 e. The number of benzene rings is 1. The van der Waals surface area contributed by atoms with Gasteiger partial charge in [0.15, 0.2) is 11.4 Å². The van der Waals surface area contributed by atoms with Crippen molar-refractivity contribution in [3.8, 4) is 0 Å². The lowest BCUT2D eigenvalue weighted by Crippen LogP contribution is -2.52. The van der Waals surface area contributed by atoms with Crippen molar-refractivity contribution in [3.05, 3.63) is 40.4 Å². The van der Waals surface area contributed by atoms with Crippen LogP contribution in [0.2, 0.25) is 0 Å². The lowest BCUT2D eigenvalue weighted by molar-refractivity contribution is -0.129. The minimum absolute atomic E-state index is 0.0528. The van der Waals surface area contributed by atoms with Gasteiger partial charge >= 0.3 is 12.2 Å². The van der Waals surface area contributed by atoms with Gasteiger partial charge in [0.25, 0.3) is 0 Å². The van der Waals surface area contributed by atoms with Gasteiger partial charge in [-0.25, -0.2) is 14.6 Å². The quantitative estimate of drug-likeness (QED) is 0.210. The maximum atomic E-state index is 11.9. The fraction of sp³-hybridized carbons (Fsp3) is 0.435. The van der Waals surface area contributed by atoms with E-state index in [-0.39, 0.29) is 11.8 Å². The second-order valence-corrected chi connectivity index (χ2v) is 9.60. The van der Waals surface area contributed by atoms with Gasteiger partial charge in [-0.15, -0.1) is 11.3 Å². The third kappa shape index (κ3) is 10.7. The molecule has 2 aromatic rings. The zero-order chi connectivity index (χ0) is 27.5. The Morgan fingerprint density at radius 3 is 2.16 bits per heavy atom. The molecule has 6 N–H and O–H groups in total. The molecule has 37 heavy (non-hydrogen) atoms. The van der Waals surface area contributed by atoms with Crippen LogP contribution in [0.5, 0.6) is 0 Å². The van der Waals surface area contributed by atoms with E-state index in [0.29, 0.717) is 43.2 Å². The molecule has 0 saturated heterocycles. The standard InChI is InChI=1S/C23H33N7O6S/c1-14(31)24-21-26-17(18(37-21)13-30(4)12-11-19(32)29(2)3)10-7-15-5-8-16(9-6-15)25-20(27-22(33)34)28-23(35)36/h5-6,8-9,20,25,27-28H,7,10-13H2,1-4H3,(H,33,34)(H,35,36)(H,24,26,31). The van der Waals surface area contributed by atoms with Crippen LogP contribution in [0.25, 0.3) is 0 Å². The molecule has 13 nitrogen and oxygen atoms in total. The molecule has 0 atom stereocenters. The summed E-state index contributed by atoms with van der Waals surface area (Å²) >= 11 is 1.41. The van der Waals surface area contributed by atoms with Crippen LogP contribution < -0.4 is 21.3 Å². The number of nitrogens with one attached hydrogen (secondary N) is 4. The smallest absolute Gasteiger partial charge is 0.407 e. The molecule has 1 heterocycles. The molecule has 0 aliphatic rings. The molecule has 0 aliphatic carbocycles. The number of hydrogen-bond donors (Lipinski definition) is 6. The minimum Gasteiger partial charge on any atom is -0.465 e. The van der Waals surface area contributed by atoms with Crippen LogP contribution in [0.3, 0.4) is 0 Å². The van der Waals surface area contributed by atoms with Gasteiger partial charge in [0.1, 0.15) is 0 Å². The second kappa shape index (κ2) is 14.0. The molecule has 0 fully saturated rings. The van der Waals surface area contributed by atoms with E-state index in [1.807, 2.05) is 34.7 Å². The van der Waals surface area contributed by atoms with E-state index in [1.165, 1.54) is 18.3 Å². The van der Waals surface area contributed by atoms with Crippen molar-refractivity contribution in [2.24, 2.45) is 0 Å². The molecular formula is C23H33N7O6S. The summed E-state index contributed by atoms with van der Waals surface area (Å²) in [6.45, 7) is 2.61. The predicted octanol–water partition coefficient (Wildman–Crippen LogP) is 2.03. The van der Waals surface area contributed by atoms with E-state index in [9.17, 15) is 19.2 Å². The Kier molecular flexibility index (Phi) is 11.1. The summed E-state index contributed by atoms with van der Waals surface area (Å²) in [5.74, 6) is -0.148. The van der Waals surface area contributed by atoms with Gasteiger partial charge in [0.05, 0.1) is 5.69 Å². The first kappa shape index (κ1) is 29.3. The summed E-state index contributed by atoms with van der Waals surface area (Å²) in [4.78, 5) is 54.4. The highest BCUT2D eigenvalue weighted by Crippen LogP contribution is 2.26. The van der Waals surface area contributed by atoms with Crippen LogP contribution in [0.15, 0.2) is 24.3 Å². The number of nitrogens with zero attached hydrogens (tertiary/aromatic N) is 3. The summed E-state index contributed by atoms with van der Waals surface area (Å²) in [6, 6.07) is 7.13. The van der Waals surface area contributed by atoms with Crippen LogP contribution in [0, 0.1) is 0 Å². The predicted molar refractivity (Wildman–Crippen MR) is 140 cm³/mol. The van der Waals surface area contributed by atoms with Gasteiger partial charge in [-0.2, -0.15) is 0 Å². The van der Waals surface area contributed by atoms with Crippen LogP contribution >= 0.6 is 11.3 Å². The summed E-state index contributed by atoms with van der Waals surface area (Å²) in [6.07, 6.45) is -2.29. The van der Waals surface area contributed by atoms with E-state index >= 15 is 0 Å². The first-order chi connectivity index (χ1) is 17.4. The van der Waals surface area contributed by atoms with E-state index in [2.05, 4.69) is 15.6 Å². The molecule has 14 heteroatoms. The second-order valence-electron chi connectivity index (χ2n) is 8.52. The van der Waals surface area contributed by atoms with Crippen molar-refractivity contribution in [2.75, 3.05) is 38.3 Å². The van der Waals surface area contributed by atoms with E-state index in [1.54, 1.807) is 31.1 Å². The average molecular weight is 536 g/mol. The monoisotopic (exact) mass is 535 g/mol. The largest absolute Gasteiger partial charge is 0.465 e. The molecule has 2 rings (SSSR count). The first-order valence-electron chi connectivity index (χ1n) is 11.4. The van der Waals surface area contributed by atoms with Crippen molar-refractivity contribution in [3.63, 3.8) is 0 Å². The fourth-order valence-corrected chi connectivity index (χ4v) is 4.43. The number of rotatable bonds is 13. The summed E-state index contributed by atoms with van der Waals surface area (Å²) < 4.78 is 0. The van der Waals surface area contributed by atoms with E-state index in [4.69, 9.17) is 10.2 Å². The third-order valence-electron chi connectivity index (χ3n) is 5.13. The average Bonchev–Trinajstić information content (AvgIpc) is 3.15. The molecular weight excluding hydrogens is 502 g/mol. The number of thiazole rings is 1. The van der Waals surface area contributed by atoms with E-state index in [0.717, 1.165) is 16.1 Å². The first-order valence-corrected chi connectivity index (χ1v) is 12.2. The molecule has 1 aromatic carbocycles. The normalized spacial score (nSPS) is 10.8. The number of carbonyl (C=O) groups excluding carboxylic acids is 2. The van der Waals surface area contributed by atoms with Crippen molar-refractivity contribution in [1.29, 1.82) is 0 Å². The van der Waals surface area contributed by atoms with Crippen molar-refractivity contribution in [1.82, 2.24) is 25.4 Å². The fourth-order valence-electron chi connectivity index (χ4n) is 3.29. The number of amides is 4. The Labute approximate surface area is 218 Å². The third-order valence-corrected chi connectivity index (χ3v) is 6.13. The molecule has 0 saturated carbocycles. The molecule has 0 spiro atoms. The Morgan fingerprint density at radius 2 is 1.62 bits per heavy atom. The molecule has 0 bridgehead atoms. The Hall–Kier alpha value is -3.91. The number of carboxylic acid groups (broad SMARTS) is 2. The number of anilines is 2. The number of hydrogen-bond acceptors (Lipinski definition) is 8. The lowest BCUT2D eigenvalue weighted by atomic mass is 10.1. The van der Waals surface area contributed by atoms with Crippen molar-refractivity contribution >= 4 is 46.2 Å². The van der Waals surface area contributed by atoms with Crippen LogP contribution in [0.1, 0.15) is 29.5 Å². The number of aryl methyl sites for hydroxylation is 2. The van der Waals surface area contributed by atoms with Crippen molar-refractivity contribution < 1.29 is 29.4 Å². The number of aromatic nitrogens is 1. The van der Waals surface area contributed by atoms with Gasteiger partial charge in [0, 0.05) is 51.1 Å². The summed E-state index contributed by atoms with van der Waals surface area (Å²) in [7, 11) is 5.39. The summed E-state index contributed by atoms with van der Waals surface area (Å²) in [5.41, 5.74) is 2.37. The van der Waals surface area contributed by atoms with Crippen molar-refractivity contribution in [2.45, 2.75) is 39.0 Å². The van der Waals surface area contributed by atoms with Gasteiger partial charge in [-0.3, -0.25) is 20.2 Å². The maximum absolute atomic E-state index is 11.9. The zero-order valence-corrected chi connectivity index (χ0v) is 22.0. The minimum atomic E-state index is -1.38. The van der Waals surface area contributed by atoms with Crippen LogP contribution in [0.4, 0.5) is 20.4 Å². The van der Waals surface area contributed by atoms with Gasteiger partial charge < -0.3 is 30.6 Å². The Morgan fingerprint density at radius 1 is 1.00 bits per heavy atom. The molecule has 0 unspecified atom stereocenters. The van der Waals surface area contributed by atoms with Crippen LogP contribution in [-0.4, -0.2) is 83.0 Å². The highest BCUT2D eigenvalue weighted by Gasteiger charge is 2.16. The van der Waals surface area contributed by atoms with Gasteiger partial charge in [-0.05, 0) is 37.6 Å². The van der Waals surface area contributed by atoms with E-state index < -0.39 is 18.5 Å². The topological polar surface area (TPSA) is 176 Å². The molecule has 4 amide bonds. The van der Waals surface area contributed by atoms with Gasteiger partial charge in [0.2, 0.25) is 11.8 Å².